The zero-order chi connectivity index (χ0) is 14.9. The maximum absolute atomic E-state index is 12.7. The number of hydrogen-bond donors (Lipinski definition) is 1. The van der Waals surface area contributed by atoms with Crippen LogP contribution in [0.15, 0.2) is 6.07 Å². The zero-order valence-corrected chi connectivity index (χ0v) is 11.8. The number of aliphatic hydroxyl groups is 1. The molecule has 1 fully saturated rings. The van der Waals surface area contributed by atoms with Crippen LogP contribution in [0.25, 0.3) is 0 Å². The number of halogens is 3. The van der Waals surface area contributed by atoms with E-state index < -0.39 is 18.3 Å². The van der Waals surface area contributed by atoms with Crippen LogP contribution in [0.1, 0.15) is 24.1 Å². The Morgan fingerprint density at radius 1 is 1.50 bits per heavy atom. The van der Waals surface area contributed by atoms with Crippen LogP contribution in [-0.4, -0.2) is 37.8 Å². The van der Waals surface area contributed by atoms with Gasteiger partial charge in [0.05, 0.1) is 11.0 Å². The van der Waals surface area contributed by atoms with Crippen LogP contribution in [0.2, 0.25) is 0 Å². The van der Waals surface area contributed by atoms with Gasteiger partial charge in [-0.05, 0) is 25.3 Å². The number of nitrogens with zero attached hydrogens (tertiary/aromatic N) is 2. The average molecular weight is 302 g/mol. The maximum atomic E-state index is 12.7. The van der Waals surface area contributed by atoms with Crippen LogP contribution in [0.3, 0.4) is 0 Å². The summed E-state index contributed by atoms with van der Waals surface area (Å²) in [6, 6.07) is 2.80. The number of thiophene rings is 1. The first-order chi connectivity index (χ1) is 9.34. The van der Waals surface area contributed by atoms with E-state index in [0.29, 0.717) is 29.3 Å². The van der Waals surface area contributed by atoms with Gasteiger partial charge < -0.3 is 10.0 Å². The van der Waals surface area contributed by atoms with Gasteiger partial charge in [-0.1, -0.05) is 5.46 Å². The summed E-state index contributed by atoms with van der Waals surface area (Å²) >= 11 is 1.18. The number of piperidine rings is 1. The summed E-state index contributed by atoms with van der Waals surface area (Å²) in [6.07, 6.45) is -5.20. The summed E-state index contributed by atoms with van der Waals surface area (Å²) in [7, 11) is 1.76. The molecule has 0 spiro atoms. The second-order valence-electron chi connectivity index (χ2n) is 4.95. The van der Waals surface area contributed by atoms with Gasteiger partial charge in [0.2, 0.25) is 0 Å². The predicted octanol–water partition coefficient (Wildman–Crippen LogP) is 1.16. The number of nitriles is 1. The Kier molecular flexibility index (Phi) is 4.30. The summed E-state index contributed by atoms with van der Waals surface area (Å²) in [5.74, 6) is 0. The smallest absolute Gasteiger partial charge is 0.382 e. The lowest BCUT2D eigenvalue weighted by molar-refractivity contribution is -0.211. The lowest BCUT2D eigenvalue weighted by Gasteiger charge is -2.39. The van der Waals surface area contributed by atoms with Gasteiger partial charge in [-0.3, -0.25) is 0 Å². The Labute approximate surface area is 120 Å². The van der Waals surface area contributed by atoms with Gasteiger partial charge in [0, 0.05) is 6.54 Å². The number of rotatable bonds is 2. The molecule has 1 saturated heterocycles. The van der Waals surface area contributed by atoms with E-state index in [9.17, 15) is 18.3 Å². The Morgan fingerprint density at radius 3 is 2.75 bits per heavy atom. The molecule has 1 aliphatic rings. The molecular formula is C12H14BF3N2OS. The highest BCUT2D eigenvalue weighted by Gasteiger charge is 2.46. The third-order valence-electron chi connectivity index (χ3n) is 3.54. The molecule has 1 N–H and O–H groups in total. The van der Waals surface area contributed by atoms with Crippen LogP contribution < -0.4 is 10.4 Å². The predicted molar refractivity (Wildman–Crippen MR) is 74.3 cm³/mol. The molecule has 0 aliphatic carbocycles. The first-order valence-electron chi connectivity index (χ1n) is 6.36. The molecule has 2 heterocycles. The van der Waals surface area contributed by atoms with Gasteiger partial charge in [0.15, 0.2) is 6.10 Å². The molecule has 0 aromatic carbocycles. The normalized spacial score (nSPS) is 21.6. The minimum Gasteiger partial charge on any atom is -0.382 e. The average Bonchev–Trinajstić information content (AvgIpc) is 2.78. The molecule has 2 atom stereocenters. The molecule has 3 nitrogen and oxygen atoms in total. The summed E-state index contributed by atoms with van der Waals surface area (Å²) in [5, 5.41) is 19.1. The van der Waals surface area contributed by atoms with E-state index in [0.717, 1.165) is 11.9 Å². The van der Waals surface area contributed by atoms with Crippen LogP contribution in [0.5, 0.6) is 0 Å². The molecule has 2 unspecified atom stereocenters. The molecule has 0 bridgehead atoms. The van der Waals surface area contributed by atoms with Gasteiger partial charge in [-0.25, -0.2) is 0 Å². The largest absolute Gasteiger partial charge is 0.416 e. The fourth-order valence-electron chi connectivity index (χ4n) is 2.50. The van der Waals surface area contributed by atoms with Gasteiger partial charge in [0.25, 0.3) is 0 Å². The van der Waals surface area contributed by atoms with Crippen molar-refractivity contribution in [1.82, 2.24) is 0 Å². The monoisotopic (exact) mass is 302 g/mol. The number of alkyl halides is 3. The summed E-state index contributed by atoms with van der Waals surface area (Å²) in [4.78, 5) is 2.10. The summed E-state index contributed by atoms with van der Waals surface area (Å²) < 4.78 is 38.2. The Balaban J connectivity index is 2.29. The van der Waals surface area contributed by atoms with E-state index in [1.165, 1.54) is 11.3 Å². The van der Waals surface area contributed by atoms with Crippen molar-refractivity contribution in [3.05, 3.63) is 10.9 Å². The van der Waals surface area contributed by atoms with Crippen LogP contribution in [-0.2, 0) is 0 Å². The SMILES string of the molecule is Bc1cc(N2CCCCC2C(O)C(F)(F)F)sc1C#N. The van der Waals surface area contributed by atoms with Crippen molar-refractivity contribution in [3.8, 4) is 6.07 Å². The van der Waals surface area contributed by atoms with E-state index in [2.05, 4.69) is 0 Å². The van der Waals surface area contributed by atoms with Gasteiger partial charge in [-0.2, -0.15) is 18.4 Å². The van der Waals surface area contributed by atoms with Crippen molar-refractivity contribution in [2.45, 2.75) is 37.6 Å². The lowest BCUT2D eigenvalue weighted by atomic mass is 9.95. The van der Waals surface area contributed by atoms with Gasteiger partial charge in [0.1, 0.15) is 18.8 Å². The van der Waals surface area contributed by atoms with Gasteiger partial charge in [-0.15, -0.1) is 11.3 Å². The van der Waals surface area contributed by atoms with Crippen molar-refractivity contribution in [2.75, 3.05) is 11.4 Å². The molecule has 0 radical (unpaired) electrons. The third kappa shape index (κ3) is 2.94. The van der Waals surface area contributed by atoms with Crippen LogP contribution >= 0.6 is 11.3 Å². The molecule has 8 heteroatoms. The molecule has 1 aromatic rings. The molecule has 1 aliphatic heterocycles. The van der Waals surface area contributed by atoms with Crippen LogP contribution in [0, 0.1) is 11.3 Å². The second-order valence-corrected chi connectivity index (χ2v) is 5.98. The van der Waals surface area contributed by atoms with Crippen LogP contribution in [0.4, 0.5) is 18.2 Å². The molecule has 1 aromatic heterocycles. The molecule has 108 valence electrons. The first-order valence-corrected chi connectivity index (χ1v) is 7.18. The standard InChI is InChI=1S/C12H14BF3N2OS/c13-7-5-10(20-9(7)6-17)18-4-2-1-3-8(18)11(19)12(14,15)16/h5,8,11,19H,1-4,13H2. The van der Waals surface area contributed by atoms with E-state index in [1.54, 1.807) is 18.8 Å². The fourth-order valence-corrected chi connectivity index (χ4v) is 3.55. The number of aliphatic hydroxyl groups excluding tert-OH is 1. The lowest BCUT2D eigenvalue weighted by Crippen LogP contribution is -2.52. The molecular weight excluding hydrogens is 288 g/mol. The number of hydrogen-bond acceptors (Lipinski definition) is 4. The van der Waals surface area contributed by atoms with E-state index >= 15 is 0 Å². The molecule has 0 amide bonds. The topological polar surface area (TPSA) is 47.3 Å². The van der Waals surface area contributed by atoms with E-state index in [4.69, 9.17) is 5.26 Å². The minimum absolute atomic E-state index is 0.305. The highest BCUT2D eigenvalue weighted by atomic mass is 32.1. The minimum atomic E-state index is -4.62. The Morgan fingerprint density at radius 2 is 2.20 bits per heavy atom. The highest BCUT2D eigenvalue weighted by molar-refractivity contribution is 7.17. The summed E-state index contributed by atoms with van der Waals surface area (Å²) in [5.41, 5.74) is 0.762. The summed E-state index contributed by atoms with van der Waals surface area (Å²) in [6.45, 7) is 0.475. The van der Waals surface area contributed by atoms with E-state index in [1.807, 2.05) is 6.07 Å². The van der Waals surface area contributed by atoms with Crippen molar-refractivity contribution >= 4 is 29.6 Å². The Bertz CT molecular complexity index is 526. The van der Waals surface area contributed by atoms with Crippen molar-refractivity contribution in [1.29, 1.82) is 5.26 Å². The van der Waals surface area contributed by atoms with Gasteiger partial charge >= 0.3 is 6.18 Å². The Hall–Kier alpha value is -1.20. The quantitative estimate of drug-likeness (QED) is 0.834. The highest BCUT2D eigenvalue weighted by Crippen LogP contribution is 2.35. The van der Waals surface area contributed by atoms with Crippen molar-refractivity contribution in [2.24, 2.45) is 0 Å². The zero-order valence-electron chi connectivity index (χ0n) is 10.9. The molecule has 0 saturated carbocycles. The molecule has 2 rings (SSSR count). The second kappa shape index (κ2) is 5.66. The fraction of sp³-hybridized carbons (Fsp3) is 0.583. The molecule has 20 heavy (non-hydrogen) atoms. The van der Waals surface area contributed by atoms with Crippen molar-refractivity contribution < 1.29 is 18.3 Å². The third-order valence-corrected chi connectivity index (χ3v) is 4.72. The van der Waals surface area contributed by atoms with Crippen molar-refractivity contribution in [3.63, 3.8) is 0 Å². The maximum Gasteiger partial charge on any atom is 0.416 e. The first kappa shape index (κ1) is 15.2. The van der Waals surface area contributed by atoms with E-state index in [-0.39, 0.29) is 0 Å². The number of anilines is 1.